The van der Waals surface area contributed by atoms with E-state index in [1.54, 1.807) is 6.20 Å². The van der Waals surface area contributed by atoms with Crippen molar-refractivity contribution in [3.63, 3.8) is 0 Å². The molecule has 2 rings (SSSR count). The molecule has 0 aliphatic heterocycles. The van der Waals surface area contributed by atoms with Crippen LogP contribution in [0.5, 0.6) is 0 Å². The third-order valence-corrected chi connectivity index (χ3v) is 3.25. The minimum atomic E-state index is -0.436. The molecule has 1 heterocycles. The second kappa shape index (κ2) is 5.71. The van der Waals surface area contributed by atoms with Crippen LogP contribution in [0.15, 0.2) is 36.5 Å². The van der Waals surface area contributed by atoms with Gasteiger partial charge in [0, 0.05) is 23.8 Å². The van der Waals surface area contributed by atoms with E-state index < -0.39 is 6.10 Å². The van der Waals surface area contributed by atoms with Crippen molar-refractivity contribution < 1.29 is 9.53 Å². The fourth-order valence-corrected chi connectivity index (χ4v) is 2.26. The van der Waals surface area contributed by atoms with Crippen molar-refractivity contribution >= 4 is 16.7 Å². The van der Waals surface area contributed by atoms with E-state index in [9.17, 15) is 4.79 Å². The molecule has 1 atom stereocenters. The molecule has 0 spiro atoms. The third-order valence-electron chi connectivity index (χ3n) is 3.25. The Morgan fingerprint density at radius 2 is 2.05 bits per heavy atom. The number of ketones is 1. The lowest BCUT2D eigenvalue weighted by Crippen LogP contribution is -2.37. The standard InChI is InChI=1S/C17H21NO2/c1-5-20-16(17(2,3)4)15(19)13-9-8-12-7-6-10-18-14(12)11-13/h6-11,16H,5H2,1-4H3. The van der Waals surface area contributed by atoms with Gasteiger partial charge in [-0.25, -0.2) is 0 Å². The first-order valence-electron chi connectivity index (χ1n) is 6.94. The zero-order chi connectivity index (χ0) is 14.8. The molecule has 0 radical (unpaired) electrons. The first-order chi connectivity index (χ1) is 9.43. The number of fused-ring (bicyclic) bond motifs is 1. The first-order valence-corrected chi connectivity index (χ1v) is 6.94. The number of rotatable bonds is 4. The van der Waals surface area contributed by atoms with Crippen molar-refractivity contribution in [3.05, 3.63) is 42.1 Å². The van der Waals surface area contributed by atoms with E-state index in [2.05, 4.69) is 4.98 Å². The van der Waals surface area contributed by atoms with Gasteiger partial charge in [0.05, 0.1) is 5.52 Å². The van der Waals surface area contributed by atoms with Gasteiger partial charge in [-0.2, -0.15) is 0 Å². The van der Waals surface area contributed by atoms with Crippen LogP contribution in [0, 0.1) is 5.41 Å². The predicted octanol–water partition coefficient (Wildman–Crippen LogP) is 3.87. The van der Waals surface area contributed by atoms with Crippen LogP contribution in [0.25, 0.3) is 10.9 Å². The van der Waals surface area contributed by atoms with Crippen molar-refractivity contribution in [2.75, 3.05) is 6.61 Å². The van der Waals surface area contributed by atoms with Crippen molar-refractivity contribution in [2.45, 2.75) is 33.8 Å². The van der Waals surface area contributed by atoms with E-state index in [0.717, 1.165) is 10.9 Å². The highest BCUT2D eigenvalue weighted by atomic mass is 16.5. The van der Waals surface area contributed by atoms with Crippen LogP contribution in [0.1, 0.15) is 38.1 Å². The number of aromatic nitrogens is 1. The zero-order valence-corrected chi connectivity index (χ0v) is 12.5. The number of Topliss-reactive ketones (excluding diaryl/α,β-unsaturated/α-hetero) is 1. The smallest absolute Gasteiger partial charge is 0.192 e. The molecular weight excluding hydrogens is 250 g/mol. The summed E-state index contributed by atoms with van der Waals surface area (Å²) in [6.45, 7) is 8.49. The Morgan fingerprint density at radius 3 is 2.70 bits per heavy atom. The van der Waals surface area contributed by atoms with Gasteiger partial charge in [0.2, 0.25) is 0 Å². The molecule has 0 aliphatic rings. The van der Waals surface area contributed by atoms with Gasteiger partial charge in [-0.15, -0.1) is 0 Å². The zero-order valence-electron chi connectivity index (χ0n) is 12.5. The summed E-state index contributed by atoms with van der Waals surface area (Å²) < 4.78 is 5.66. The maximum absolute atomic E-state index is 12.7. The number of ether oxygens (including phenoxy) is 1. The molecule has 0 fully saturated rings. The summed E-state index contributed by atoms with van der Waals surface area (Å²) in [5, 5.41) is 1.03. The molecule has 20 heavy (non-hydrogen) atoms. The number of carbonyl (C=O) groups is 1. The monoisotopic (exact) mass is 271 g/mol. The van der Waals surface area contributed by atoms with Crippen LogP contribution >= 0.6 is 0 Å². The van der Waals surface area contributed by atoms with Crippen molar-refractivity contribution in [1.29, 1.82) is 0 Å². The SMILES string of the molecule is CCOC(C(=O)c1ccc2cccnc2c1)C(C)(C)C. The van der Waals surface area contributed by atoms with E-state index in [4.69, 9.17) is 4.74 Å². The fourth-order valence-electron chi connectivity index (χ4n) is 2.26. The molecule has 0 aliphatic carbocycles. The van der Waals surface area contributed by atoms with Gasteiger partial charge in [-0.05, 0) is 24.5 Å². The minimum Gasteiger partial charge on any atom is -0.370 e. The van der Waals surface area contributed by atoms with Gasteiger partial charge in [0.1, 0.15) is 6.10 Å². The number of pyridine rings is 1. The molecule has 1 aromatic carbocycles. The lowest BCUT2D eigenvalue weighted by molar-refractivity contribution is -0.000210. The van der Waals surface area contributed by atoms with Crippen LogP contribution in [0.2, 0.25) is 0 Å². The van der Waals surface area contributed by atoms with E-state index in [1.807, 2.05) is 58.0 Å². The number of hydrogen-bond donors (Lipinski definition) is 0. The Morgan fingerprint density at radius 1 is 1.30 bits per heavy atom. The van der Waals surface area contributed by atoms with E-state index in [0.29, 0.717) is 12.2 Å². The molecular formula is C17H21NO2. The Kier molecular flexibility index (Phi) is 4.19. The molecule has 0 saturated carbocycles. The minimum absolute atomic E-state index is 0.0203. The second-order valence-corrected chi connectivity index (χ2v) is 5.98. The van der Waals surface area contributed by atoms with Gasteiger partial charge < -0.3 is 4.74 Å². The van der Waals surface area contributed by atoms with Gasteiger partial charge >= 0.3 is 0 Å². The molecule has 0 amide bonds. The largest absolute Gasteiger partial charge is 0.370 e. The Labute approximate surface area is 120 Å². The molecule has 1 aromatic heterocycles. The number of benzene rings is 1. The number of nitrogens with zero attached hydrogens (tertiary/aromatic N) is 1. The van der Waals surface area contributed by atoms with Crippen molar-refractivity contribution in [1.82, 2.24) is 4.98 Å². The molecule has 1 unspecified atom stereocenters. The average molecular weight is 271 g/mol. The Balaban J connectivity index is 2.38. The van der Waals surface area contributed by atoms with Crippen LogP contribution in [-0.2, 0) is 4.74 Å². The van der Waals surface area contributed by atoms with E-state index in [1.165, 1.54) is 0 Å². The average Bonchev–Trinajstić information content (AvgIpc) is 2.42. The quantitative estimate of drug-likeness (QED) is 0.792. The maximum atomic E-state index is 12.7. The maximum Gasteiger partial charge on any atom is 0.192 e. The fraction of sp³-hybridized carbons (Fsp3) is 0.412. The van der Waals surface area contributed by atoms with Crippen molar-refractivity contribution in [2.24, 2.45) is 5.41 Å². The number of hydrogen-bond acceptors (Lipinski definition) is 3. The second-order valence-electron chi connectivity index (χ2n) is 5.98. The first kappa shape index (κ1) is 14.7. The lowest BCUT2D eigenvalue weighted by Gasteiger charge is -2.29. The summed E-state index contributed by atoms with van der Waals surface area (Å²) in [6.07, 6.45) is 1.30. The highest BCUT2D eigenvalue weighted by Gasteiger charge is 2.32. The molecule has 0 N–H and O–H groups in total. The Bertz CT molecular complexity index is 614. The topological polar surface area (TPSA) is 39.2 Å². The highest BCUT2D eigenvalue weighted by Crippen LogP contribution is 2.26. The summed E-state index contributed by atoms with van der Waals surface area (Å²) in [7, 11) is 0. The van der Waals surface area contributed by atoms with Gasteiger partial charge in [-0.3, -0.25) is 9.78 Å². The van der Waals surface area contributed by atoms with Crippen LogP contribution in [0.4, 0.5) is 0 Å². The Hall–Kier alpha value is -1.74. The van der Waals surface area contributed by atoms with Gasteiger partial charge in [-0.1, -0.05) is 39.0 Å². The molecule has 2 aromatic rings. The van der Waals surface area contributed by atoms with Gasteiger partial charge in [0.15, 0.2) is 5.78 Å². The summed E-state index contributed by atoms with van der Waals surface area (Å²) in [5.41, 5.74) is 1.26. The highest BCUT2D eigenvalue weighted by molar-refractivity contribution is 6.02. The third kappa shape index (κ3) is 3.05. The number of carbonyl (C=O) groups excluding carboxylic acids is 1. The van der Waals surface area contributed by atoms with Crippen LogP contribution in [0.3, 0.4) is 0 Å². The summed E-state index contributed by atoms with van der Waals surface area (Å²) in [6, 6.07) is 9.50. The summed E-state index contributed by atoms with van der Waals surface area (Å²) >= 11 is 0. The van der Waals surface area contributed by atoms with E-state index in [-0.39, 0.29) is 11.2 Å². The van der Waals surface area contributed by atoms with Crippen LogP contribution < -0.4 is 0 Å². The normalized spacial score (nSPS) is 13.4. The summed E-state index contributed by atoms with van der Waals surface area (Å²) in [4.78, 5) is 17.0. The van der Waals surface area contributed by atoms with Crippen LogP contribution in [-0.4, -0.2) is 23.5 Å². The summed E-state index contributed by atoms with van der Waals surface area (Å²) in [5.74, 6) is 0.0203. The van der Waals surface area contributed by atoms with E-state index >= 15 is 0 Å². The predicted molar refractivity (Wildman–Crippen MR) is 80.9 cm³/mol. The molecule has 106 valence electrons. The molecule has 3 heteroatoms. The molecule has 0 saturated heterocycles. The molecule has 0 bridgehead atoms. The lowest BCUT2D eigenvalue weighted by atomic mass is 9.84. The van der Waals surface area contributed by atoms with Crippen molar-refractivity contribution in [3.8, 4) is 0 Å². The van der Waals surface area contributed by atoms with Gasteiger partial charge in [0.25, 0.3) is 0 Å². The molecule has 3 nitrogen and oxygen atoms in total.